The zero-order valence-corrected chi connectivity index (χ0v) is 12.7. The smallest absolute Gasteiger partial charge is 0.322 e. The van der Waals surface area contributed by atoms with Gasteiger partial charge in [0.25, 0.3) is 0 Å². The summed E-state index contributed by atoms with van der Waals surface area (Å²) in [6.07, 6.45) is 4.26. The van der Waals surface area contributed by atoms with Gasteiger partial charge in [0.2, 0.25) is 0 Å². The van der Waals surface area contributed by atoms with Crippen molar-refractivity contribution in [3.8, 4) is 0 Å². The lowest BCUT2D eigenvalue weighted by atomic mass is 10.2. The Hall–Kier alpha value is -0.330. The van der Waals surface area contributed by atoms with Crippen LogP contribution in [0.5, 0.6) is 0 Å². The molecule has 1 atom stereocenters. The van der Waals surface area contributed by atoms with E-state index >= 15 is 0 Å². The Morgan fingerprint density at radius 2 is 1.82 bits per heavy atom. The van der Waals surface area contributed by atoms with Gasteiger partial charge in [0, 0.05) is 4.75 Å². The van der Waals surface area contributed by atoms with Gasteiger partial charge in [-0.3, -0.25) is 4.79 Å². The number of carbonyl (C=O) groups excluding carboxylic acids is 1. The molecule has 106 valence electrons. The third-order valence-electron chi connectivity index (χ3n) is 2.58. The summed E-state index contributed by atoms with van der Waals surface area (Å²) >= 11 is 0. The van der Waals surface area contributed by atoms with Crippen LogP contribution >= 0.6 is 10.3 Å². The molecule has 0 radical (unpaired) electrons. The molecule has 0 rings (SSSR count). The number of esters is 1. The molecule has 0 aromatic carbocycles. The molecule has 4 nitrogen and oxygen atoms in total. The SMILES string of the molecule is CC(C)(C)S(C)(C)OF.CCC(N)C(=O)OC. The van der Waals surface area contributed by atoms with Crippen molar-refractivity contribution in [1.29, 1.82) is 0 Å². The summed E-state index contributed by atoms with van der Waals surface area (Å²) < 4.78 is 20.0. The second kappa shape index (κ2) is 7.89. The van der Waals surface area contributed by atoms with Crippen LogP contribution in [0.2, 0.25) is 0 Å². The minimum atomic E-state index is -1.50. The van der Waals surface area contributed by atoms with Crippen molar-refractivity contribution < 1.29 is 18.4 Å². The van der Waals surface area contributed by atoms with Crippen molar-refractivity contribution in [3.63, 3.8) is 0 Å². The van der Waals surface area contributed by atoms with E-state index in [1.807, 2.05) is 40.2 Å². The van der Waals surface area contributed by atoms with E-state index < -0.39 is 16.4 Å². The third kappa shape index (κ3) is 7.57. The van der Waals surface area contributed by atoms with Crippen LogP contribution in [0.1, 0.15) is 34.1 Å². The predicted molar refractivity (Wildman–Crippen MR) is 71.7 cm³/mol. The van der Waals surface area contributed by atoms with E-state index in [-0.39, 0.29) is 10.7 Å². The summed E-state index contributed by atoms with van der Waals surface area (Å²) in [5.74, 6) is -0.340. The third-order valence-corrected chi connectivity index (χ3v) is 5.84. The van der Waals surface area contributed by atoms with Crippen LogP contribution in [0.15, 0.2) is 0 Å². The maximum Gasteiger partial charge on any atom is 0.322 e. The Morgan fingerprint density at radius 1 is 1.41 bits per heavy atom. The van der Waals surface area contributed by atoms with Crippen molar-refractivity contribution in [2.75, 3.05) is 19.6 Å². The predicted octanol–water partition coefficient (Wildman–Crippen LogP) is 2.56. The van der Waals surface area contributed by atoms with Gasteiger partial charge in [-0.25, -0.2) is 0 Å². The zero-order valence-electron chi connectivity index (χ0n) is 11.9. The molecule has 0 fully saturated rings. The molecule has 0 saturated heterocycles. The lowest BCUT2D eigenvalue weighted by molar-refractivity contribution is -0.142. The lowest BCUT2D eigenvalue weighted by Crippen LogP contribution is -2.30. The first kappa shape index (κ1) is 19.0. The highest BCUT2D eigenvalue weighted by molar-refractivity contribution is 8.29. The van der Waals surface area contributed by atoms with Gasteiger partial charge in [0.1, 0.15) is 6.04 Å². The molecule has 0 aliphatic carbocycles. The number of rotatable bonds is 3. The van der Waals surface area contributed by atoms with Crippen LogP contribution in [0.25, 0.3) is 0 Å². The molecule has 0 amide bonds. The first-order valence-electron chi connectivity index (χ1n) is 5.40. The van der Waals surface area contributed by atoms with Crippen molar-refractivity contribution in [3.05, 3.63) is 0 Å². The van der Waals surface area contributed by atoms with E-state index in [4.69, 9.17) is 5.73 Å². The first-order chi connectivity index (χ1) is 7.53. The van der Waals surface area contributed by atoms with Crippen LogP contribution < -0.4 is 5.73 Å². The molecule has 2 N–H and O–H groups in total. The zero-order chi connectivity index (χ0) is 14.3. The summed E-state index contributed by atoms with van der Waals surface area (Å²) in [5.41, 5.74) is 5.25. The molecule has 1 unspecified atom stereocenters. The molecule has 0 aromatic rings. The Kier molecular flexibility index (Phi) is 8.83. The van der Waals surface area contributed by atoms with Gasteiger partial charge in [-0.2, -0.15) is 0 Å². The largest absolute Gasteiger partial charge is 0.468 e. The topological polar surface area (TPSA) is 61.5 Å². The highest BCUT2D eigenvalue weighted by atomic mass is 32.3. The fourth-order valence-electron chi connectivity index (χ4n) is 0.413. The number of halogens is 1. The molecule has 17 heavy (non-hydrogen) atoms. The molecular formula is C11H26FNO3S. The van der Waals surface area contributed by atoms with Crippen molar-refractivity contribution in [1.82, 2.24) is 0 Å². The average molecular weight is 271 g/mol. The molecule has 0 saturated carbocycles. The standard InChI is InChI=1S/C6H15FOS.C5H11NO2/c1-6(2,3)9(4,5)8-7;1-3-4(6)5(7)8-2/h1-5H3;4H,3,6H2,1-2H3. The monoisotopic (exact) mass is 271 g/mol. The van der Waals surface area contributed by atoms with Crippen LogP contribution in [0.4, 0.5) is 4.53 Å². The fraction of sp³-hybridized carbons (Fsp3) is 0.909. The molecule has 0 aliphatic rings. The summed E-state index contributed by atoms with van der Waals surface area (Å²) in [6, 6.07) is -0.444. The number of hydrogen-bond donors (Lipinski definition) is 1. The number of nitrogens with two attached hydrogens (primary N) is 1. The maximum atomic E-state index is 11.8. The van der Waals surface area contributed by atoms with E-state index in [0.29, 0.717) is 6.42 Å². The minimum Gasteiger partial charge on any atom is -0.468 e. The normalized spacial score (nSPS) is 14.4. The van der Waals surface area contributed by atoms with E-state index in [1.54, 1.807) is 0 Å². The maximum absolute atomic E-state index is 11.8. The van der Waals surface area contributed by atoms with Crippen LogP contribution in [-0.2, 0) is 13.9 Å². The highest BCUT2D eigenvalue weighted by Crippen LogP contribution is 2.53. The van der Waals surface area contributed by atoms with Gasteiger partial charge in [-0.05, 0) is 23.5 Å². The Morgan fingerprint density at radius 3 is 1.88 bits per heavy atom. The molecule has 0 spiro atoms. The summed E-state index contributed by atoms with van der Waals surface area (Å²) in [4.78, 5) is 10.4. The van der Waals surface area contributed by atoms with Crippen LogP contribution in [-0.4, -0.2) is 36.4 Å². The first-order valence-corrected chi connectivity index (χ1v) is 7.77. The number of hydrogen-bond acceptors (Lipinski definition) is 4. The molecule has 6 heteroatoms. The van der Waals surface area contributed by atoms with Gasteiger partial charge >= 0.3 is 5.97 Å². The summed E-state index contributed by atoms with van der Waals surface area (Å²) in [7, 11) is -0.171. The van der Waals surface area contributed by atoms with Gasteiger partial charge < -0.3 is 10.5 Å². The Labute approximate surface area is 105 Å². The molecule has 0 heterocycles. The second-order valence-corrected chi connectivity index (χ2v) is 8.76. The van der Waals surface area contributed by atoms with Crippen molar-refractivity contribution in [2.45, 2.75) is 44.9 Å². The quantitative estimate of drug-likeness (QED) is 0.801. The Balaban J connectivity index is 0. The summed E-state index contributed by atoms with van der Waals surface area (Å²) in [6.45, 7) is 7.76. The molecular weight excluding hydrogens is 245 g/mol. The van der Waals surface area contributed by atoms with E-state index in [1.165, 1.54) is 7.11 Å². The second-order valence-electron chi connectivity index (χ2n) is 4.95. The number of carbonyl (C=O) groups is 1. The molecule has 0 bridgehead atoms. The van der Waals surface area contributed by atoms with Gasteiger partial charge in [-0.1, -0.05) is 38.0 Å². The van der Waals surface area contributed by atoms with Crippen LogP contribution in [0.3, 0.4) is 0 Å². The van der Waals surface area contributed by atoms with Gasteiger partial charge in [0.15, 0.2) is 0 Å². The number of ether oxygens (including phenoxy) is 1. The fourth-order valence-corrected chi connectivity index (χ4v) is 0.602. The minimum absolute atomic E-state index is 0.0677. The van der Waals surface area contributed by atoms with E-state index in [0.717, 1.165) is 0 Å². The highest BCUT2D eigenvalue weighted by Gasteiger charge is 2.29. The van der Waals surface area contributed by atoms with Gasteiger partial charge in [-0.15, -0.1) is 4.39 Å². The van der Waals surface area contributed by atoms with Crippen molar-refractivity contribution in [2.24, 2.45) is 5.73 Å². The lowest BCUT2D eigenvalue weighted by Gasteiger charge is -2.38. The Bertz CT molecular complexity index is 229. The van der Waals surface area contributed by atoms with Gasteiger partial charge in [0.05, 0.1) is 7.11 Å². The van der Waals surface area contributed by atoms with E-state index in [9.17, 15) is 9.32 Å². The van der Waals surface area contributed by atoms with Crippen LogP contribution in [0, 0.1) is 0 Å². The molecule has 0 aromatic heterocycles. The average Bonchev–Trinajstić information content (AvgIpc) is 2.26. The number of methoxy groups -OCH3 is 1. The molecule has 0 aliphatic heterocycles. The van der Waals surface area contributed by atoms with E-state index in [2.05, 4.69) is 9.12 Å². The van der Waals surface area contributed by atoms with Crippen molar-refractivity contribution >= 4 is 16.3 Å². The summed E-state index contributed by atoms with van der Waals surface area (Å²) in [5, 5.41) is 0.